The fourth-order valence-corrected chi connectivity index (χ4v) is 4.58. The summed E-state index contributed by atoms with van der Waals surface area (Å²) in [6.07, 6.45) is -0.497. The second-order valence-electron chi connectivity index (χ2n) is 9.86. The molecule has 2 aliphatic heterocycles. The summed E-state index contributed by atoms with van der Waals surface area (Å²) < 4.78 is 25.5. The van der Waals surface area contributed by atoms with Crippen LogP contribution in [0.25, 0.3) is 11.1 Å². The molecule has 1 aromatic heterocycles. The quantitative estimate of drug-likeness (QED) is 0.380. The molecule has 0 bridgehead atoms. The van der Waals surface area contributed by atoms with E-state index in [9.17, 15) is 19.2 Å². The molecule has 2 atom stereocenters. The van der Waals surface area contributed by atoms with Crippen LogP contribution < -0.4 is 15.1 Å². The van der Waals surface area contributed by atoms with Crippen molar-refractivity contribution in [3.05, 3.63) is 42.3 Å². The lowest BCUT2D eigenvalue weighted by Gasteiger charge is -2.37. The number of esters is 1. The Bertz CT molecular complexity index is 1260. The summed E-state index contributed by atoms with van der Waals surface area (Å²) in [5.41, 5.74) is 1.27. The number of carbonyl (C=O) groups is 4. The van der Waals surface area contributed by atoms with Crippen LogP contribution >= 0.6 is 0 Å². The van der Waals surface area contributed by atoms with E-state index in [2.05, 4.69) is 10.3 Å². The molecule has 13 heteroatoms. The van der Waals surface area contributed by atoms with Crippen molar-refractivity contribution in [2.45, 2.75) is 26.2 Å². The standard InChI is InChI=1S/C27H33FN6O6/c1-17(35)29-15-21-16-34(27(38)40-21)20-6-7-22(23(28)13-20)19-5-8-24(30-14-19)32-9-11-33(12-10-32)25(37)26(31(3)4)39-18(2)36/h5-8,13-14,21,26H,9-12,15-16H2,1-4H3,(H,29,35)/t21?,26-/m0/s1. The third-order valence-electron chi connectivity index (χ3n) is 6.65. The third-order valence-corrected chi connectivity index (χ3v) is 6.65. The highest BCUT2D eigenvalue weighted by molar-refractivity contribution is 5.90. The minimum absolute atomic E-state index is 0.187. The highest BCUT2D eigenvalue weighted by atomic mass is 19.1. The number of cyclic esters (lactones) is 1. The minimum atomic E-state index is -0.968. The van der Waals surface area contributed by atoms with Crippen molar-refractivity contribution in [3.8, 4) is 11.1 Å². The van der Waals surface area contributed by atoms with Crippen LogP contribution in [0.15, 0.2) is 36.5 Å². The fourth-order valence-electron chi connectivity index (χ4n) is 4.58. The van der Waals surface area contributed by atoms with Crippen molar-refractivity contribution in [2.75, 3.05) is 63.2 Å². The molecular weight excluding hydrogens is 523 g/mol. The van der Waals surface area contributed by atoms with Gasteiger partial charge in [0, 0.05) is 57.4 Å². The van der Waals surface area contributed by atoms with Crippen molar-refractivity contribution in [1.29, 1.82) is 0 Å². The monoisotopic (exact) mass is 556 g/mol. The molecule has 0 radical (unpaired) electrons. The number of benzene rings is 1. The van der Waals surface area contributed by atoms with Gasteiger partial charge in [0.2, 0.25) is 12.1 Å². The summed E-state index contributed by atoms with van der Waals surface area (Å²) in [5.74, 6) is -0.835. The molecule has 2 aliphatic rings. The first-order valence-electron chi connectivity index (χ1n) is 12.9. The van der Waals surface area contributed by atoms with Gasteiger partial charge in [-0.3, -0.25) is 24.2 Å². The lowest BCUT2D eigenvalue weighted by Crippen LogP contribution is -2.55. The van der Waals surface area contributed by atoms with Crippen molar-refractivity contribution in [1.82, 2.24) is 20.1 Å². The second-order valence-corrected chi connectivity index (χ2v) is 9.86. The lowest BCUT2D eigenvalue weighted by atomic mass is 10.1. The van der Waals surface area contributed by atoms with Gasteiger partial charge in [-0.1, -0.05) is 0 Å². The molecule has 0 aliphatic carbocycles. The first-order valence-corrected chi connectivity index (χ1v) is 12.9. The van der Waals surface area contributed by atoms with Crippen LogP contribution in [-0.4, -0.2) is 104 Å². The number of nitrogens with one attached hydrogen (secondary N) is 1. The number of anilines is 2. The molecule has 0 spiro atoms. The van der Waals surface area contributed by atoms with Gasteiger partial charge in [0.05, 0.1) is 18.8 Å². The van der Waals surface area contributed by atoms with Gasteiger partial charge in [0.15, 0.2) is 0 Å². The zero-order valence-electron chi connectivity index (χ0n) is 22.9. The molecule has 1 aromatic carbocycles. The Kier molecular flexibility index (Phi) is 8.83. The summed E-state index contributed by atoms with van der Waals surface area (Å²) in [6, 6.07) is 8.07. The highest BCUT2D eigenvalue weighted by Crippen LogP contribution is 2.29. The first-order chi connectivity index (χ1) is 19.0. The van der Waals surface area contributed by atoms with Crippen LogP contribution in [0.5, 0.6) is 0 Å². The Balaban J connectivity index is 1.37. The van der Waals surface area contributed by atoms with E-state index in [1.54, 1.807) is 54.4 Å². The predicted octanol–water partition coefficient (Wildman–Crippen LogP) is 1.45. The Labute approximate surface area is 231 Å². The van der Waals surface area contributed by atoms with E-state index in [4.69, 9.17) is 9.47 Å². The predicted molar refractivity (Wildman–Crippen MR) is 144 cm³/mol. The smallest absolute Gasteiger partial charge is 0.414 e. The molecule has 2 saturated heterocycles. The summed E-state index contributed by atoms with van der Waals surface area (Å²) >= 11 is 0. The number of hydrogen-bond donors (Lipinski definition) is 1. The zero-order chi connectivity index (χ0) is 29.0. The average molecular weight is 557 g/mol. The van der Waals surface area contributed by atoms with Gasteiger partial charge < -0.3 is 24.6 Å². The van der Waals surface area contributed by atoms with E-state index in [0.29, 0.717) is 48.8 Å². The summed E-state index contributed by atoms with van der Waals surface area (Å²) in [6.45, 7) is 4.99. The minimum Gasteiger partial charge on any atom is -0.442 e. The Hall–Kier alpha value is -4.26. The number of halogens is 1. The van der Waals surface area contributed by atoms with Crippen LogP contribution in [0.3, 0.4) is 0 Å². The van der Waals surface area contributed by atoms with E-state index < -0.39 is 30.2 Å². The number of aromatic nitrogens is 1. The van der Waals surface area contributed by atoms with E-state index in [-0.39, 0.29) is 24.9 Å². The van der Waals surface area contributed by atoms with E-state index in [0.717, 1.165) is 0 Å². The SMILES string of the molecule is CC(=O)NCC1CN(c2ccc(-c3ccc(N4CCN(C(=O)[C@H](OC(C)=O)N(C)C)CC4)nc3)c(F)c2)C(=O)O1. The highest BCUT2D eigenvalue weighted by Gasteiger charge is 2.33. The topological polar surface area (TPSA) is 125 Å². The number of nitrogens with zero attached hydrogens (tertiary/aromatic N) is 5. The maximum absolute atomic E-state index is 15.1. The van der Waals surface area contributed by atoms with Gasteiger partial charge in [-0.2, -0.15) is 0 Å². The largest absolute Gasteiger partial charge is 0.442 e. The number of hydrogen-bond acceptors (Lipinski definition) is 9. The zero-order valence-corrected chi connectivity index (χ0v) is 22.9. The maximum atomic E-state index is 15.1. The van der Waals surface area contributed by atoms with Crippen LogP contribution in [0.4, 0.5) is 20.7 Å². The molecule has 3 heterocycles. The van der Waals surface area contributed by atoms with Gasteiger partial charge in [-0.05, 0) is 44.4 Å². The Morgan fingerprint density at radius 3 is 2.45 bits per heavy atom. The van der Waals surface area contributed by atoms with Crippen LogP contribution in [0.2, 0.25) is 0 Å². The van der Waals surface area contributed by atoms with Gasteiger partial charge in [0.1, 0.15) is 17.7 Å². The molecule has 2 aromatic rings. The molecule has 214 valence electrons. The molecule has 1 unspecified atom stereocenters. The van der Waals surface area contributed by atoms with Crippen LogP contribution in [0.1, 0.15) is 13.8 Å². The molecule has 0 saturated carbocycles. The fraction of sp³-hybridized carbons (Fsp3) is 0.444. The van der Waals surface area contributed by atoms with Crippen molar-refractivity contribution >= 4 is 35.4 Å². The number of likely N-dealkylation sites (N-methyl/N-ethyl adjacent to an activating group) is 1. The summed E-state index contributed by atoms with van der Waals surface area (Å²) in [5, 5.41) is 2.61. The van der Waals surface area contributed by atoms with Crippen LogP contribution in [0, 0.1) is 5.82 Å². The Morgan fingerprint density at radius 1 is 1.15 bits per heavy atom. The normalized spacial score (nSPS) is 18.0. The number of rotatable bonds is 8. The van der Waals surface area contributed by atoms with E-state index >= 15 is 4.39 Å². The van der Waals surface area contributed by atoms with Crippen LogP contribution in [-0.2, 0) is 23.9 Å². The molecule has 12 nitrogen and oxygen atoms in total. The number of piperazine rings is 1. The van der Waals surface area contributed by atoms with Gasteiger partial charge in [0.25, 0.3) is 5.91 Å². The number of pyridine rings is 1. The van der Waals surface area contributed by atoms with E-state index in [1.165, 1.54) is 24.8 Å². The van der Waals surface area contributed by atoms with E-state index in [1.807, 2.05) is 4.90 Å². The van der Waals surface area contributed by atoms with Crippen molar-refractivity contribution < 1.29 is 33.0 Å². The molecule has 3 amide bonds. The number of ether oxygens (including phenoxy) is 2. The van der Waals surface area contributed by atoms with Gasteiger partial charge >= 0.3 is 12.1 Å². The summed E-state index contributed by atoms with van der Waals surface area (Å²) in [4.78, 5) is 58.7. The Morgan fingerprint density at radius 2 is 1.88 bits per heavy atom. The first kappa shape index (κ1) is 28.7. The molecule has 1 N–H and O–H groups in total. The number of carbonyl (C=O) groups excluding carboxylic acids is 4. The van der Waals surface area contributed by atoms with Crippen molar-refractivity contribution in [3.63, 3.8) is 0 Å². The summed E-state index contributed by atoms with van der Waals surface area (Å²) in [7, 11) is 3.35. The van der Waals surface area contributed by atoms with Gasteiger partial charge in [-0.15, -0.1) is 0 Å². The third kappa shape index (κ3) is 6.65. The van der Waals surface area contributed by atoms with Gasteiger partial charge in [-0.25, -0.2) is 14.2 Å². The van der Waals surface area contributed by atoms with Crippen molar-refractivity contribution in [2.24, 2.45) is 0 Å². The second kappa shape index (κ2) is 12.3. The molecular formula is C27H33FN6O6. The maximum Gasteiger partial charge on any atom is 0.414 e. The average Bonchev–Trinajstić information content (AvgIpc) is 3.30. The molecule has 40 heavy (non-hydrogen) atoms. The molecule has 2 fully saturated rings. The number of amides is 3. The lowest BCUT2D eigenvalue weighted by molar-refractivity contribution is -0.169. The molecule has 4 rings (SSSR count).